The second-order valence-electron chi connectivity index (χ2n) is 4.12. The van der Waals surface area contributed by atoms with Crippen LogP contribution in [0.1, 0.15) is 33.3 Å². The Kier molecular flexibility index (Phi) is 3.08. The van der Waals surface area contributed by atoms with Crippen molar-refractivity contribution in [3.05, 3.63) is 51.0 Å². The Morgan fingerprint density at radius 2 is 2.06 bits per heavy atom. The van der Waals surface area contributed by atoms with Crippen molar-refractivity contribution in [2.24, 2.45) is 5.73 Å². The van der Waals surface area contributed by atoms with Crippen LogP contribution in [-0.2, 0) is 0 Å². The molecule has 0 aliphatic heterocycles. The van der Waals surface area contributed by atoms with Crippen molar-refractivity contribution >= 4 is 11.3 Å². The Labute approximate surface area is 100 Å². The van der Waals surface area contributed by atoms with Gasteiger partial charge in [-0.15, -0.1) is 11.3 Å². The third-order valence-electron chi connectivity index (χ3n) is 2.78. The van der Waals surface area contributed by atoms with Crippen molar-refractivity contribution in [3.63, 3.8) is 0 Å². The van der Waals surface area contributed by atoms with Crippen LogP contribution in [-0.4, -0.2) is 4.98 Å². The minimum absolute atomic E-state index is 0.105. The van der Waals surface area contributed by atoms with Crippen molar-refractivity contribution in [2.75, 3.05) is 0 Å². The number of aromatic nitrogens is 1. The molecule has 1 unspecified atom stereocenters. The van der Waals surface area contributed by atoms with Crippen LogP contribution in [0.15, 0.2) is 23.7 Å². The number of hydrogen-bond acceptors (Lipinski definition) is 3. The summed E-state index contributed by atoms with van der Waals surface area (Å²) in [7, 11) is 0. The molecule has 2 nitrogen and oxygen atoms in total. The fourth-order valence-electron chi connectivity index (χ4n) is 1.92. The first-order chi connectivity index (χ1) is 7.59. The van der Waals surface area contributed by atoms with E-state index in [0.717, 1.165) is 11.3 Å². The van der Waals surface area contributed by atoms with Crippen molar-refractivity contribution in [3.8, 4) is 0 Å². The van der Waals surface area contributed by atoms with E-state index >= 15 is 0 Å². The summed E-state index contributed by atoms with van der Waals surface area (Å²) in [5, 5.41) is 2.08. The zero-order valence-corrected chi connectivity index (χ0v) is 10.6. The van der Waals surface area contributed by atoms with Gasteiger partial charge < -0.3 is 5.73 Å². The van der Waals surface area contributed by atoms with E-state index in [1.165, 1.54) is 16.0 Å². The molecule has 84 valence electrons. The van der Waals surface area contributed by atoms with Crippen LogP contribution in [0.5, 0.6) is 0 Å². The van der Waals surface area contributed by atoms with Crippen LogP contribution in [0.4, 0.5) is 0 Å². The van der Waals surface area contributed by atoms with Crippen molar-refractivity contribution in [2.45, 2.75) is 26.8 Å². The van der Waals surface area contributed by atoms with E-state index in [0.29, 0.717) is 0 Å². The molecule has 0 aliphatic rings. The van der Waals surface area contributed by atoms with Crippen molar-refractivity contribution in [1.29, 1.82) is 0 Å². The van der Waals surface area contributed by atoms with Gasteiger partial charge in [-0.3, -0.25) is 4.98 Å². The molecule has 16 heavy (non-hydrogen) atoms. The molecule has 0 saturated heterocycles. The summed E-state index contributed by atoms with van der Waals surface area (Å²) in [6.07, 6.45) is 1.88. The molecule has 2 aromatic heterocycles. The quantitative estimate of drug-likeness (QED) is 0.864. The van der Waals surface area contributed by atoms with Crippen molar-refractivity contribution < 1.29 is 0 Å². The topological polar surface area (TPSA) is 38.9 Å². The number of rotatable bonds is 2. The van der Waals surface area contributed by atoms with Gasteiger partial charge >= 0.3 is 0 Å². The third kappa shape index (κ3) is 2.01. The zero-order valence-electron chi connectivity index (χ0n) is 9.82. The zero-order chi connectivity index (χ0) is 11.7. The molecule has 0 fully saturated rings. The van der Waals surface area contributed by atoms with Gasteiger partial charge in [-0.1, -0.05) is 6.07 Å². The van der Waals surface area contributed by atoms with Gasteiger partial charge in [0.05, 0.1) is 11.7 Å². The normalized spacial score (nSPS) is 12.8. The van der Waals surface area contributed by atoms with Gasteiger partial charge in [0.1, 0.15) is 0 Å². The molecule has 0 aliphatic carbocycles. The Morgan fingerprint density at radius 1 is 1.31 bits per heavy atom. The molecular weight excluding hydrogens is 216 g/mol. The average Bonchev–Trinajstić information content (AvgIpc) is 2.63. The minimum atomic E-state index is -0.105. The second-order valence-corrected chi connectivity index (χ2v) is 5.24. The summed E-state index contributed by atoms with van der Waals surface area (Å²) >= 11 is 1.73. The van der Waals surface area contributed by atoms with E-state index in [4.69, 9.17) is 5.73 Å². The maximum Gasteiger partial charge on any atom is 0.0739 e. The number of pyridine rings is 1. The highest BCUT2D eigenvalue weighted by Crippen LogP contribution is 2.26. The number of thiophene rings is 1. The van der Waals surface area contributed by atoms with Crippen molar-refractivity contribution in [1.82, 2.24) is 4.98 Å². The second kappa shape index (κ2) is 4.36. The predicted molar refractivity (Wildman–Crippen MR) is 68.8 cm³/mol. The summed E-state index contributed by atoms with van der Waals surface area (Å²) in [6, 6.07) is 4.11. The lowest BCUT2D eigenvalue weighted by Crippen LogP contribution is -2.15. The first-order valence-electron chi connectivity index (χ1n) is 5.32. The lowest BCUT2D eigenvalue weighted by molar-refractivity contribution is 0.814. The molecule has 0 saturated carbocycles. The fraction of sp³-hybridized carbons (Fsp3) is 0.308. The molecule has 2 rings (SSSR count). The molecule has 0 spiro atoms. The molecule has 0 aromatic carbocycles. The molecule has 2 heterocycles. The fourth-order valence-corrected chi connectivity index (χ4v) is 2.67. The van der Waals surface area contributed by atoms with E-state index in [1.54, 1.807) is 11.3 Å². The van der Waals surface area contributed by atoms with Gasteiger partial charge in [-0.25, -0.2) is 0 Å². The summed E-state index contributed by atoms with van der Waals surface area (Å²) in [6.45, 7) is 6.21. The molecule has 3 heteroatoms. The van der Waals surface area contributed by atoms with Crippen LogP contribution < -0.4 is 5.73 Å². The summed E-state index contributed by atoms with van der Waals surface area (Å²) in [5.74, 6) is 0. The van der Waals surface area contributed by atoms with Gasteiger partial charge in [-0.2, -0.15) is 0 Å². The molecule has 0 bridgehead atoms. The minimum Gasteiger partial charge on any atom is -0.319 e. The van der Waals surface area contributed by atoms with Gasteiger partial charge in [0.2, 0.25) is 0 Å². The SMILES string of the molecule is Cc1cnc(C(N)c2ccsc2C)c(C)c1. The summed E-state index contributed by atoms with van der Waals surface area (Å²) < 4.78 is 0. The van der Waals surface area contributed by atoms with Crippen LogP contribution >= 0.6 is 11.3 Å². The first kappa shape index (κ1) is 11.3. The average molecular weight is 232 g/mol. The Bertz CT molecular complexity index is 502. The first-order valence-corrected chi connectivity index (χ1v) is 6.20. The molecule has 1 atom stereocenters. The monoisotopic (exact) mass is 232 g/mol. The number of nitrogens with zero attached hydrogens (tertiary/aromatic N) is 1. The van der Waals surface area contributed by atoms with E-state index in [9.17, 15) is 0 Å². The number of aryl methyl sites for hydroxylation is 3. The van der Waals surface area contributed by atoms with Crippen LogP contribution in [0.2, 0.25) is 0 Å². The third-order valence-corrected chi connectivity index (χ3v) is 3.65. The van der Waals surface area contributed by atoms with Crippen LogP contribution in [0.3, 0.4) is 0 Å². The maximum atomic E-state index is 6.26. The van der Waals surface area contributed by atoms with E-state index in [2.05, 4.69) is 36.3 Å². The molecule has 0 amide bonds. The van der Waals surface area contributed by atoms with Gasteiger partial charge in [0.25, 0.3) is 0 Å². The number of hydrogen-bond donors (Lipinski definition) is 1. The lowest BCUT2D eigenvalue weighted by Gasteiger charge is -2.14. The highest BCUT2D eigenvalue weighted by molar-refractivity contribution is 7.10. The number of nitrogens with two attached hydrogens (primary N) is 1. The molecule has 0 radical (unpaired) electrons. The Morgan fingerprint density at radius 3 is 2.62 bits per heavy atom. The standard InChI is InChI=1S/C13H16N2S/c1-8-6-9(2)13(15-7-8)12(14)11-4-5-16-10(11)3/h4-7,12H,14H2,1-3H3. The van der Waals surface area contributed by atoms with Gasteiger partial charge in [0, 0.05) is 11.1 Å². The summed E-state index contributed by atoms with van der Waals surface area (Å²) in [5.41, 5.74) is 10.8. The maximum absolute atomic E-state index is 6.26. The predicted octanol–water partition coefficient (Wildman–Crippen LogP) is 3.12. The lowest BCUT2D eigenvalue weighted by atomic mass is 10.0. The smallest absolute Gasteiger partial charge is 0.0739 e. The largest absolute Gasteiger partial charge is 0.319 e. The summed E-state index contributed by atoms with van der Waals surface area (Å²) in [4.78, 5) is 5.73. The highest BCUT2D eigenvalue weighted by Gasteiger charge is 2.15. The Hall–Kier alpha value is -1.19. The van der Waals surface area contributed by atoms with E-state index in [1.807, 2.05) is 13.1 Å². The van der Waals surface area contributed by atoms with Gasteiger partial charge in [0.15, 0.2) is 0 Å². The van der Waals surface area contributed by atoms with Crippen LogP contribution in [0, 0.1) is 20.8 Å². The highest BCUT2D eigenvalue weighted by atomic mass is 32.1. The van der Waals surface area contributed by atoms with E-state index < -0.39 is 0 Å². The molecule has 2 N–H and O–H groups in total. The Balaban J connectivity index is 2.41. The molecule has 2 aromatic rings. The van der Waals surface area contributed by atoms with Gasteiger partial charge in [-0.05, 0) is 48.9 Å². The molecular formula is C13H16N2S. The van der Waals surface area contributed by atoms with Crippen LogP contribution in [0.25, 0.3) is 0 Å². The van der Waals surface area contributed by atoms with E-state index in [-0.39, 0.29) is 6.04 Å².